The fourth-order valence-electron chi connectivity index (χ4n) is 2.97. The highest BCUT2D eigenvalue weighted by molar-refractivity contribution is 5.76. The van der Waals surface area contributed by atoms with Crippen LogP contribution in [0.2, 0.25) is 0 Å². The molecule has 1 amide bonds. The Hall–Kier alpha value is -1.35. The summed E-state index contributed by atoms with van der Waals surface area (Å²) in [6, 6.07) is 6.70. The van der Waals surface area contributed by atoms with Gasteiger partial charge in [-0.3, -0.25) is 4.79 Å². The SMILES string of the molecule is CCCC(=O)N1CC(N)CC(c2ccc(C)c(C)c2)C1. The molecule has 1 aromatic rings. The summed E-state index contributed by atoms with van der Waals surface area (Å²) in [5.74, 6) is 0.621. The maximum absolute atomic E-state index is 12.1. The number of hydrogen-bond donors (Lipinski definition) is 1. The van der Waals surface area contributed by atoms with Crippen LogP contribution < -0.4 is 5.73 Å². The molecule has 1 aliphatic heterocycles. The van der Waals surface area contributed by atoms with Gasteiger partial charge in [0.2, 0.25) is 5.91 Å². The normalized spacial score (nSPS) is 22.9. The van der Waals surface area contributed by atoms with Crippen LogP contribution in [0, 0.1) is 13.8 Å². The van der Waals surface area contributed by atoms with Gasteiger partial charge < -0.3 is 10.6 Å². The first-order valence-electron chi connectivity index (χ1n) is 7.61. The molecule has 1 fully saturated rings. The van der Waals surface area contributed by atoms with E-state index in [1.807, 2.05) is 11.8 Å². The van der Waals surface area contributed by atoms with Crippen LogP contribution in [0.5, 0.6) is 0 Å². The minimum atomic E-state index is 0.0937. The fraction of sp³-hybridized carbons (Fsp3) is 0.588. The molecule has 3 nitrogen and oxygen atoms in total. The quantitative estimate of drug-likeness (QED) is 0.921. The third-order valence-electron chi connectivity index (χ3n) is 4.30. The molecule has 1 aliphatic rings. The van der Waals surface area contributed by atoms with E-state index in [1.54, 1.807) is 0 Å². The molecule has 2 atom stereocenters. The number of carbonyl (C=O) groups excluding carboxylic acids is 1. The van der Waals surface area contributed by atoms with Crippen LogP contribution in [0.1, 0.15) is 48.8 Å². The van der Waals surface area contributed by atoms with Crippen LogP contribution in [-0.2, 0) is 4.79 Å². The Morgan fingerprint density at radius 1 is 1.30 bits per heavy atom. The lowest BCUT2D eigenvalue weighted by Gasteiger charge is -2.37. The smallest absolute Gasteiger partial charge is 0.222 e. The van der Waals surface area contributed by atoms with Gasteiger partial charge in [-0.25, -0.2) is 0 Å². The molecule has 0 radical (unpaired) electrons. The first-order valence-corrected chi connectivity index (χ1v) is 7.61. The second kappa shape index (κ2) is 6.40. The third kappa shape index (κ3) is 3.40. The molecular weight excluding hydrogens is 248 g/mol. The highest BCUT2D eigenvalue weighted by Gasteiger charge is 2.28. The highest BCUT2D eigenvalue weighted by Crippen LogP contribution is 2.28. The van der Waals surface area contributed by atoms with Crippen molar-refractivity contribution in [1.29, 1.82) is 0 Å². The van der Waals surface area contributed by atoms with Crippen LogP contribution >= 0.6 is 0 Å². The van der Waals surface area contributed by atoms with E-state index in [-0.39, 0.29) is 11.9 Å². The summed E-state index contributed by atoms with van der Waals surface area (Å²) in [5.41, 5.74) is 10.1. The average Bonchev–Trinajstić information content (AvgIpc) is 2.41. The number of nitrogens with zero attached hydrogens (tertiary/aromatic N) is 1. The number of hydrogen-bond acceptors (Lipinski definition) is 2. The maximum Gasteiger partial charge on any atom is 0.222 e. The highest BCUT2D eigenvalue weighted by atomic mass is 16.2. The zero-order valence-electron chi connectivity index (χ0n) is 12.9. The van der Waals surface area contributed by atoms with Crippen molar-refractivity contribution in [2.24, 2.45) is 5.73 Å². The zero-order chi connectivity index (χ0) is 14.7. The van der Waals surface area contributed by atoms with E-state index in [0.717, 1.165) is 19.4 Å². The molecule has 20 heavy (non-hydrogen) atoms. The van der Waals surface area contributed by atoms with Crippen molar-refractivity contribution in [2.45, 2.75) is 52.0 Å². The molecule has 110 valence electrons. The first-order chi connectivity index (χ1) is 9.51. The van der Waals surface area contributed by atoms with E-state index >= 15 is 0 Å². The molecule has 2 rings (SSSR count). The van der Waals surface area contributed by atoms with Gasteiger partial charge in [-0.05, 0) is 43.4 Å². The van der Waals surface area contributed by atoms with Crippen molar-refractivity contribution >= 4 is 5.91 Å². The molecule has 2 N–H and O–H groups in total. The van der Waals surface area contributed by atoms with Gasteiger partial charge in [-0.2, -0.15) is 0 Å². The van der Waals surface area contributed by atoms with Crippen molar-refractivity contribution in [2.75, 3.05) is 13.1 Å². The Balaban J connectivity index is 2.14. The first kappa shape index (κ1) is 15.0. The van der Waals surface area contributed by atoms with Crippen molar-refractivity contribution in [3.63, 3.8) is 0 Å². The molecule has 3 heteroatoms. The molecule has 1 aromatic carbocycles. The second-order valence-electron chi connectivity index (χ2n) is 6.09. The predicted octanol–water partition coefficient (Wildman–Crippen LogP) is 2.75. The monoisotopic (exact) mass is 274 g/mol. The summed E-state index contributed by atoms with van der Waals surface area (Å²) < 4.78 is 0. The van der Waals surface area contributed by atoms with Gasteiger partial charge in [0.05, 0.1) is 0 Å². The molecule has 1 heterocycles. The summed E-state index contributed by atoms with van der Waals surface area (Å²) in [6.45, 7) is 7.84. The van der Waals surface area contributed by atoms with E-state index in [0.29, 0.717) is 18.9 Å². The fourth-order valence-corrected chi connectivity index (χ4v) is 2.97. The number of benzene rings is 1. The van der Waals surface area contributed by atoms with Gasteiger partial charge in [0, 0.05) is 31.5 Å². The summed E-state index contributed by atoms with van der Waals surface area (Å²) in [6.07, 6.45) is 2.50. The number of likely N-dealkylation sites (tertiary alicyclic amines) is 1. The number of nitrogens with two attached hydrogens (primary N) is 1. The van der Waals surface area contributed by atoms with Gasteiger partial charge in [-0.15, -0.1) is 0 Å². The second-order valence-corrected chi connectivity index (χ2v) is 6.09. The Bertz CT molecular complexity index is 484. The maximum atomic E-state index is 12.1. The summed E-state index contributed by atoms with van der Waals surface area (Å²) >= 11 is 0. The van der Waals surface area contributed by atoms with Gasteiger partial charge in [0.25, 0.3) is 0 Å². The minimum Gasteiger partial charge on any atom is -0.341 e. The Labute approximate surface area is 122 Å². The molecule has 0 saturated carbocycles. The van der Waals surface area contributed by atoms with Crippen molar-refractivity contribution in [1.82, 2.24) is 4.90 Å². The van der Waals surface area contributed by atoms with Crippen molar-refractivity contribution in [3.05, 3.63) is 34.9 Å². The largest absolute Gasteiger partial charge is 0.341 e. The van der Waals surface area contributed by atoms with Gasteiger partial charge in [0.1, 0.15) is 0 Å². The number of rotatable bonds is 3. The summed E-state index contributed by atoms with van der Waals surface area (Å²) in [5, 5.41) is 0. The van der Waals surface area contributed by atoms with E-state index in [2.05, 4.69) is 32.0 Å². The summed E-state index contributed by atoms with van der Waals surface area (Å²) in [7, 11) is 0. The molecule has 0 aromatic heterocycles. The minimum absolute atomic E-state index is 0.0937. The molecular formula is C17H26N2O. The third-order valence-corrected chi connectivity index (χ3v) is 4.30. The topological polar surface area (TPSA) is 46.3 Å². The van der Waals surface area contributed by atoms with Crippen LogP contribution in [0.15, 0.2) is 18.2 Å². The molecule has 2 unspecified atom stereocenters. The van der Waals surface area contributed by atoms with E-state index in [4.69, 9.17) is 5.73 Å². The zero-order valence-corrected chi connectivity index (χ0v) is 12.9. The Morgan fingerprint density at radius 3 is 2.70 bits per heavy atom. The predicted molar refractivity (Wildman–Crippen MR) is 82.7 cm³/mol. The number of carbonyl (C=O) groups is 1. The average molecular weight is 274 g/mol. The van der Waals surface area contributed by atoms with Crippen LogP contribution in [0.3, 0.4) is 0 Å². The standard InChI is InChI=1S/C17H26N2O/c1-4-5-17(20)19-10-15(9-16(18)11-19)14-7-6-12(2)13(3)8-14/h6-8,15-16H,4-5,9-11,18H2,1-3H3. The van der Waals surface area contributed by atoms with Crippen LogP contribution in [-0.4, -0.2) is 29.9 Å². The van der Waals surface area contributed by atoms with Gasteiger partial charge >= 0.3 is 0 Å². The Morgan fingerprint density at radius 2 is 2.05 bits per heavy atom. The van der Waals surface area contributed by atoms with E-state index in [1.165, 1.54) is 16.7 Å². The van der Waals surface area contributed by atoms with Gasteiger partial charge in [-0.1, -0.05) is 25.1 Å². The lowest BCUT2D eigenvalue weighted by atomic mass is 9.87. The van der Waals surface area contributed by atoms with E-state index < -0.39 is 0 Å². The van der Waals surface area contributed by atoms with Crippen LogP contribution in [0.4, 0.5) is 0 Å². The lowest BCUT2D eigenvalue weighted by molar-refractivity contribution is -0.132. The number of piperidine rings is 1. The molecule has 0 aliphatic carbocycles. The van der Waals surface area contributed by atoms with Crippen LogP contribution in [0.25, 0.3) is 0 Å². The lowest BCUT2D eigenvalue weighted by Crippen LogP contribution is -2.48. The van der Waals surface area contributed by atoms with Crippen molar-refractivity contribution in [3.8, 4) is 0 Å². The van der Waals surface area contributed by atoms with E-state index in [9.17, 15) is 4.79 Å². The molecule has 1 saturated heterocycles. The molecule has 0 spiro atoms. The number of aryl methyl sites for hydroxylation is 2. The molecule has 0 bridgehead atoms. The number of amides is 1. The summed E-state index contributed by atoms with van der Waals surface area (Å²) in [4.78, 5) is 14.1. The van der Waals surface area contributed by atoms with Crippen molar-refractivity contribution < 1.29 is 4.79 Å². The van der Waals surface area contributed by atoms with Gasteiger partial charge in [0.15, 0.2) is 0 Å². The Kier molecular flexibility index (Phi) is 4.81.